The maximum Gasteiger partial charge on any atom is 0.251 e. The number of nitrogens with zero attached hydrogens (tertiary/aromatic N) is 2. The average molecular weight is 286 g/mol. The van der Waals surface area contributed by atoms with Gasteiger partial charge in [0, 0.05) is 35.7 Å². The Morgan fingerprint density at radius 3 is 2.48 bits per heavy atom. The smallest absolute Gasteiger partial charge is 0.251 e. The number of benzene rings is 1. The van der Waals surface area contributed by atoms with Crippen molar-refractivity contribution >= 4 is 5.91 Å². The van der Waals surface area contributed by atoms with Crippen LogP contribution in [0.5, 0.6) is 0 Å². The summed E-state index contributed by atoms with van der Waals surface area (Å²) in [6.45, 7) is 4.56. The SMILES string of the molecule is CCC(N)(CC)CNC(=O)c1ccc(-n2ccnc2)cc1. The van der Waals surface area contributed by atoms with Gasteiger partial charge in [-0.3, -0.25) is 4.79 Å². The van der Waals surface area contributed by atoms with E-state index in [1.807, 2.05) is 36.7 Å². The number of carbonyl (C=O) groups excluding carboxylic acids is 1. The van der Waals surface area contributed by atoms with Crippen LogP contribution in [-0.2, 0) is 0 Å². The number of imidazole rings is 1. The molecule has 112 valence electrons. The van der Waals surface area contributed by atoms with Gasteiger partial charge in [-0.1, -0.05) is 13.8 Å². The molecule has 0 aliphatic heterocycles. The number of rotatable bonds is 6. The van der Waals surface area contributed by atoms with Crippen LogP contribution in [0.2, 0.25) is 0 Å². The first-order chi connectivity index (χ1) is 10.1. The summed E-state index contributed by atoms with van der Waals surface area (Å²) in [5, 5.41) is 2.91. The fraction of sp³-hybridized carbons (Fsp3) is 0.375. The second-order valence-corrected chi connectivity index (χ2v) is 5.27. The van der Waals surface area contributed by atoms with Crippen LogP contribution in [-0.4, -0.2) is 27.5 Å². The molecule has 0 spiro atoms. The van der Waals surface area contributed by atoms with E-state index in [1.165, 1.54) is 0 Å². The van der Waals surface area contributed by atoms with E-state index in [4.69, 9.17) is 5.73 Å². The van der Waals surface area contributed by atoms with Gasteiger partial charge in [0.1, 0.15) is 0 Å². The van der Waals surface area contributed by atoms with Crippen molar-refractivity contribution in [3.8, 4) is 5.69 Å². The number of aromatic nitrogens is 2. The molecular formula is C16H22N4O. The maximum absolute atomic E-state index is 12.1. The summed E-state index contributed by atoms with van der Waals surface area (Å²) in [7, 11) is 0. The minimum absolute atomic E-state index is 0.0936. The predicted molar refractivity (Wildman–Crippen MR) is 83.4 cm³/mol. The molecule has 0 unspecified atom stereocenters. The quantitative estimate of drug-likeness (QED) is 0.854. The number of amides is 1. The van der Waals surface area contributed by atoms with Gasteiger partial charge in [0.2, 0.25) is 0 Å². The zero-order chi connectivity index (χ0) is 15.3. The average Bonchev–Trinajstić information content (AvgIpc) is 3.07. The molecule has 1 amide bonds. The van der Waals surface area contributed by atoms with Crippen LogP contribution in [0.3, 0.4) is 0 Å². The summed E-state index contributed by atoms with van der Waals surface area (Å²) < 4.78 is 1.89. The Bertz CT molecular complexity index is 571. The molecule has 5 nitrogen and oxygen atoms in total. The van der Waals surface area contributed by atoms with Gasteiger partial charge in [0.05, 0.1) is 6.33 Å². The molecule has 0 saturated heterocycles. The zero-order valence-corrected chi connectivity index (χ0v) is 12.5. The van der Waals surface area contributed by atoms with Crippen molar-refractivity contribution in [3.05, 3.63) is 48.5 Å². The summed E-state index contributed by atoms with van der Waals surface area (Å²) in [6, 6.07) is 7.40. The fourth-order valence-corrected chi connectivity index (χ4v) is 2.06. The molecule has 0 fully saturated rings. The first kappa shape index (κ1) is 15.3. The Kier molecular flexibility index (Phi) is 4.75. The minimum Gasteiger partial charge on any atom is -0.350 e. The van der Waals surface area contributed by atoms with Crippen molar-refractivity contribution in [2.24, 2.45) is 5.73 Å². The van der Waals surface area contributed by atoms with Gasteiger partial charge in [0.25, 0.3) is 5.91 Å². The van der Waals surface area contributed by atoms with Crippen LogP contribution < -0.4 is 11.1 Å². The normalized spacial score (nSPS) is 11.4. The lowest BCUT2D eigenvalue weighted by atomic mass is 9.94. The molecule has 0 aliphatic rings. The van der Waals surface area contributed by atoms with E-state index in [0.717, 1.165) is 18.5 Å². The van der Waals surface area contributed by atoms with Crippen LogP contribution >= 0.6 is 0 Å². The number of hydrogen-bond acceptors (Lipinski definition) is 3. The largest absolute Gasteiger partial charge is 0.350 e. The summed E-state index contributed by atoms with van der Waals surface area (Å²) in [4.78, 5) is 16.1. The van der Waals surface area contributed by atoms with Gasteiger partial charge < -0.3 is 15.6 Å². The lowest BCUT2D eigenvalue weighted by molar-refractivity contribution is 0.0942. The van der Waals surface area contributed by atoms with Crippen molar-refractivity contribution in [1.82, 2.24) is 14.9 Å². The highest BCUT2D eigenvalue weighted by Gasteiger charge is 2.21. The number of hydrogen-bond donors (Lipinski definition) is 2. The first-order valence-corrected chi connectivity index (χ1v) is 7.23. The summed E-state index contributed by atoms with van der Waals surface area (Å²) >= 11 is 0. The maximum atomic E-state index is 12.1. The second-order valence-electron chi connectivity index (χ2n) is 5.27. The Balaban J connectivity index is 2.00. The van der Waals surface area contributed by atoms with Crippen LogP contribution in [0.4, 0.5) is 0 Å². The lowest BCUT2D eigenvalue weighted by Crippen LogP contribution is -2.49. The van der Waals surface area contributed by atoms with E-state index < -0.39 is 0 Å². The minimum atomic E-state index is -0.327. The van der Waals surface area contributed by atoms with Crippen LogP contribution in [0.1, 0.15) is 37.0 Å². The molecule has 0 aliphatic carbocycles. The second kappa shape index (κ2) is 6.54. The van der Waals surface area contributed by atoms with Gasteiger partial charge in [-0.15, -0.1) is 0 Å². The van der Waals surface area contributed by atoms with E-state index in [-0.39, 0.29) is 11.4 Å². The molecule has 0 bridgehead atoms. The monoisotopic (exact) mass is 286 g/mol. The molecule has 0 saturated carbocycles. The molecule has 21 heavy (non-hydrogen) atoms. The molecule has 2 rings (SSSR count). The molecule has 0 radical (unpaired) electrons. The predicted octanol–water partition coefficient (Wildman–Crippen LogP) is 2.12. The standard InChI is InChI=1S/C16H22N4O/c1-3-16(17,4-2)11-19-15(21)13-5-7-14(8-6-13)20-10-9-18-12-20/h5-10,12H,3-4,11,17H2,1-2H3,(H,19,21). The Labute approximate surface area is 125 Å². The van der Waals surface area contributed by atoms with E-state index in [2.05, 4.69) is 10.3 Å². The van der Waals surface area contributed by atoms with Crippen molar-refractivity contribution in [2.75, 3.05) is 6.54 Å². The highest BCUT2D eigenvalue weighted by Crippen LogP contribution is 2.11. The lowest BCUT2D eigenvalue weighted by Gasteiger charge is -2.26. The topological polar surface area (TPSA) is 72.9 Å². The zero-order valence-electron chi connectivity index (χ0n) is 12.5. The molecule has 1 heterocycles. The Morgan fingerprint density at radius 1 is 1.29 bits per heavy atom. The first-order valence-electron chi connectivity index (χ1n) is 7.23. The highest BCUT2D eigenvalue weighted by molar-refractivity contribution is 5.94. The molecule has 2 aromatic rings. The summed E-state index contributed by atoms with van der Waals surface area (Å²) in [5.74, 6) is -0.0936. The van der Waals surface area contributed by atoms with E-state index in [0.29, 0.717) is 12.1 Å². The third-order valence-electron chi connectivity index (χ3n) is 3.94. The number of nitrogens with two attached hydrogens (primary N) is 1. The molecule has 1 aromatic heterocycles. The van der Waals surface area contributed by atoms with Crippen molar-refractivity contribution in [3.63, 3.8) is 0 Å². The third-order valence-corrected chi connectivity index (χ3v) is 3.94. The van der Waals surface area contributed by atoms with Crippen molar-refractivity contribution in [1.29, 1.82) is 0 Å². The van der Waals surface area contributed by atoms with Gasteiger partial charge in [-0.05, 0) is 37.1 Å². The fourth-order valence-electron chi connectivity index (χ4n) is 2.06. The third kappa shape index (κ3) is 3.70. The van der Waals surface area contributed by atoms with Crippen LogP contribution in [0.15, 0.2) is 43.0 Å². The van der Waals surface area contributed by atoms with Crippen LogP contribution in [0.25, 0.3) is 5.69 Å². The van der Waals surface area contributed by atoms with Gasteiger partial charge in [-0.25, -0.2) is 4.98 Å². The van der Waals surface area contributed by atoms with Crippen molar-refractivity contribution < 1.29 is 4.79 Å². The molecule has 0 atom stereocenters. The number of nitrogens with one attached hydrogen (secondary N) is 1. The molecular weight excluding hydrogens is 264 g/mol. The number of carbonyl (C=O) groups is 1. The van der Waals surface area contributed by atoms with Gasteiger partial charge >= 0.3 is 0 Å². The van der Waals surface area contributed by atoms with E-state index in [1.54, 1.807) is 24.7 Å². The summed E-state index contributed by atoms with van der Waals surface area (Å²) in [6.07, 6.45) is 6.98. The van der Waals surface area contributed by atoms with Crippen molar-refractivity contribution in [2.45, 2.75) is 32.2 Å². The highest BCUT2D eigenvalue weighted by atomic mass is 16.1. The van der Waals surface area contributed by atoms with Gasteiger partial charge in [0.15, 0.2) is 0 Å². The van der Waals surface area contributed by atoms with E-state index >= 15 is 0 Å². The molecule has 3 N–H and O–H groups in total. The van der Waals surface area contributed by atoms with Crippen LogP contribution in [0, 0.1) is 0 Å². The summed E-state index contributed by atoms with van der Waals surface area (Å²) in [5.41, 5.74) is 7.46. The molecule has 1 aromatic carbocycles. The van der Waals surface area contributed by atoms with Gasteiger partial charge in [-0.2, -0.15) is 0 Å². The van der Waals surface area contributed by atoms with E-state index in [9.17, 15) is 4.79 Å². The Hall–Kier alpha value is -2.14. The Morgan fingerprint density at radius 2 is 1.95 bits per heavy atom. The molecule has 5 heteroatoms.